The summed E-state index contributed by atoms with van der Waals surface area (Å²) < 4.78 is 0. The van der Waals surface area contributed by atoms with Gasteiger partial charge in [0.25, 0.3) is 0 Å². The highest BCUT2D eigenvalue weighted by Crippen LogP contribution is 2.53. The Hall–Kier alpha value is -1.06. The van der Waals surface area contributed by atoms with Gasteiger partial charge in [0.15, 0.2) is 0 Å². The third-order valence-electron chi connectivity index (χ3n) is 4.19. The van der Waals surface area contributed by atoms with E-state index in [0.29, 0.717) is 12.6 Å². The van der Waals surface area contributed by atoms with Crippen molar-refractivity contribution in [2.75, 3.05) is 6.54 Å². The molecular weight excluding hydrogens is 194 g/mol. The van der Waals surface area contributed by atoms with Gasteiger partial charge in [-0.05, 0) is 12.8 Å². The summed E-state index contributed by atoms with van der Waals surface area (Å²) in [4.78, 5) is 24.6. The summed E-state index contributed by atoms with van der Waals surface area (Å²) in [7, 11) is 0. The van der Waals surface area contributed by atoms with Crippen molar-refractivity contribution in [1.29, 1.82) is 0 Å². The maximum Gasteiger partial charge on any atom is 0.307 e. The SMILES string of the molecule is O=C(O)C1C2CN(C3CCCC3)C(=O)C21. The molecule has 0 bridgehead atoms. The smallest absolute Gasteiger partial charge is 0.307 e. The van der Waals surface area contributed by atoms with Crippen LogP contribution in [0.2, 0.25) is 0 Å². The standard InChI is InChI=1S/C11H15NO3/c13-10-8-7(9(8)11(14)15)5-12(10)6-3-1-2-4-6/h6-9H,1-5H2,(H,14,15). The lowest BCUT2D eigenvalue weighted by atomic mass is 10.2. The van der Waals surface area contributed by atoms with Gasteiger partial charge >= 0.3 is 5.97 Å². The van der Waals surface area contributed by atoms with Crippen molar-refractivity contribution in [2.45, 2.75) is 31.7 Å². The minimum Gasteiger partial charge on any atom is -0.481 e. The molecule has 15 heavy (non-hydrogen) atoms. The molecular formula is C11H15NO3. The number of carbonyl (C=O) groups is 2. The number of aliphatic carboxylic acids is 1. The first kappa shape index (κ1) is 9.19. The van der Waals surface area contributed by atoms with Crippen LogP contribution in [0.3, 0.4) is 0 Å². The molecule has 3 aliphatic rings. The predicted molar refractivity (Wildman–Crippen MR) is 52.1 cm³/mol. The van der Waals surface area contributed by atoms with Gasteiger partial charge in [-0.25, -0.2) is 0 Å². The van der Waals surface area contributed by atoms with Crippen molar-refractivity contribution in [3.63, 3.8) is 0 Å². The normalized spacial score (nSPS) is 39.6. The Morgan fingerprint density at radius 2 is 2.00 bits per heavy atom. The number of piperidine rings is 1. The van der Waals surface area contributed by atoms with Crippen LogP contribution in [-0.4, -0.2) is 34.5 Å². The number of carboxylic acids is 1. The van der Waals surface area contributed by atoms with Crippen LogP contribution in [0.5, 0.6) is 0 Å². The van der Waals surface area contributed by atoms with E-state index in [1.807, 2.05) is 4.90 Å². The van der Waals surface area contributed by atoms with E-state index >= 15 is 0 Å². The Balaban J connectivity index is 1.68. The molecule has 82 valence electrons. The number of rotatable bonds is 2. The van der Waals surface area contributed by atoms with Crippen molar-refractivity contribution >= 4 is 11.9 Å². The predicted octanol–water partition coefficient (Wildman–Crippen LogP) is 0.718. The van der Waals surface area contributed by atoms with Crippen LogP contribution >= 0.6 is 0 Å². The summed E-state index contributed by atoms with van der Waals surface area (Å²) in [6.45, 7) is 0.700. The molecule has 1 amide bonds. The lowest BCUT2D eigenvalue weighted by Gasteiger charge is -2.26. The van der Waals surface area contributed by atoms with Crippen molar-refractivity contribution in [2.24, 2.45) is 17.8 Å². The van der Waals surface area contributed by atoms with E-state index in [4.69, 9.17) is 5.11 Å². The molecule has 0 aromatic heterocycles. The van der Waals surface area contributed by atoms with Crippen molar-refractivity contribution < 1.29 is 14.7 Å². The summed E-state index contributed by atoms with van der Waals surface area (Å²) in [6.07, 6.45) is 4.66. The molecule has 0 aromatic carbocycles. The molecule has 3 fully saturated rings. The minimum absolute atomic E-state index is 0.110. The third-order valence-corrected chi connectivity index (χ3v) is 4.19. The van der Waals surface area contributed by atoms with Gasteiger partial charge in [0, 0.05) is 18.5 Å². The van der Waals surface area contributed by atoms with E-state index in [9.17, 15) is 9.59 Å². The van der Waals surface area contributed by atoms with Crippen LogP contribution in [0.15, 0.2) is 0 Å². The molecule has 0 radical (unpaired) electrons. The van der Waals surface area contributed by atoms with Gasteiger partial charge in [-0.3, -0.25) is 9.59 Å². The van der Waals surface area contributed by atoms with Gasteiger partial charge in [0.1, 0.15) is 0 Å². The zero-order chi connectivity index (χ0) is 10.6. The second-order valence-corrected chi connectivity index (χ2v) is 4.98. The number of amides is 1. The number of hydrogen-bond donors (Lipinski definition) is 1. The lowest BCUT2D eigenvalue weighted by Crippen LogP contribution is -2.38. The summed E-state index contributed by atoms with van der Waals surface area (Å²) >= 11 is 0. The number of carbonyl (C=O) groups excluding carboxylic acids is 1. The molecule has 2 aliphatic carbocycles. The van der Waals surface area contributed by atoms with Crippen LogP contribution < -0.4 is 0 Å². The van der Waals surface area contributed by atoms with Crippen molar-refractivity contribution in [3.8, 4) is 0 Å². The first-order chi connectivity index (χ1) is 7.20. The van der Waals surface area contributed by atoms with Gasteiger partial charge in [-0.15, -0.1) is 0 Å². The summed E-state index contributed by atoms with van der Waals surface area (Å²) in [5, 5.41) is 8.86. The van der Waals surface area contributed by atoms with Crippen LogP contribution in [0.1, 0.15) is 25.7 Å². The highest BCUT2D eigenvalue weighted by atomic mass is 16.4. The Morgan fingerprint density at radius 3 is 2.47 bits per heavy atom. The van der Waals surface area contributed by atoms with Crippen molar-refractivity contribution in [3.05, 3.63) is 0 Å². The van der Waals surface area contributed by atoms with Crippen molar-refractivity contribution in [1.82, 2.24) is 4.90 Å². The fourth-order valence-corrected chi connectivity index (χ4v) is 3.33. The summed E-state index contributed by atoms with van der Waals surface area (Å²) in [5.74, 6) is -1.10. The van der Waals surface area contributed by atoms with Gasteiger partial charge in [-0.2, -0.15) is 0 Å². The second-order valence-electron chi connectivity index (χ2n) is 4.98. The molecule has 0 spiro atoms. The molecule has 1 heterocycles. The van der Waals surface area contributed by atoms with Crippen LogP contribution in [0.25, 0.3) is 0 Å². The highest BCUT2D eigenvalue weighted by molar-refractivity contribution is 5.93. The second kappa shape index (κ2) is 2.97. The first-order valence-electron chi connectivity index (χ1n) is 5.73. The molecule has 0 aromatic rings. The molecule has 1 aliphatic heterocycles. The Labute approximate surface area is 88.2 Å². The largest absolute Gasteiger partial charge is 0.481 e. The maximum absolute atomic E-state index is 11.9. The molecule has 1 N–H and O–H groups in total. The topological polar surface area (TPSA) is 57.6 Å². The number of nitrogens with zero attached hydrogens (tertiary/aromatic N) is 1. The van der Waals surface area contributed by atoms with E-state index < -0.39 is 5.97 Å². The Morgan fingerprint density at radius 1 is 1.33 bits per heavy atom. The lowest BCUT2D eigenvalue weighted by molar-refractivity contribution is -0.143. The molecule has 3 unspecified atom stereocenters. The Bertz CT molecular complexity index is 322. The van der Waals surface area contributed by atoms with Gasteiger partial charge < -0.3 is 10.0 Å². The van der Waals surface area contributed by atoms with Crippen LogP contribution in [-0.2, 0) is 9.59 Å². The molecule has 1 saturated heterocycles. The molecule has 3 rings (SSSR count). The first-order valence-corrected chi connectivity index (χ1v) is 5.73. The van der Waals surface area contributed by atoms with E-state index in [1.54, 1.807) is 0 Å². The minimum atomic E-state index is -0.788. The molecule has 2 saturated carbocycles. The van der Waals surface area contributed by atoms with E-state index in [2.05, 4.69) is 0 Å². The number of hydrogen-bond acceptors (Lipinski definition) is 2. The maximum atomic E-state index is 11.9. The highest BCUT2D eigenvalue weighted by Gasteiger charge is 2.65. The average Bonchev–Trinajstić information content (AvgIpc) is 2.59. The zero-order valence-corrected chi connectivity index (χ0v) is 8.56. The summed E-state index contributed by atoms with van der Waals surface area (Å²) in [5.41, 5.74) is 0. The molecule has 3 atom stereocenters. The molecule has 4 nitrogen and oxygen atoms in total. The number of fused-ring (bicyclic) bond motifs is 1. The van der Waals surface area contributed by atoms with E-state index in [1.165, 1.54) is 12.8 Å². The molecule has 4 heteroatoms. The van der Waals surface area contributed by atoms with E-state index in [0.717, 1.165) is 12.8 Å². The zero-order valence-electron chi connectivity index (χ0n) is 8.56. The third kappa shape index (κ3) is 1.20. The van der Waals surface area contributed by atoms with Crippen LogP contribution in [0.4, 0.5) is 0 Å². The fourth-order valence-electron chi connectivity index (χ4n) is 3.33. The Kier molecular flexibility index (Phi) is 1.82. The average molecular weight is 209 g/mol. The quantitative estimate of drug-likeness (QED) is 0.729. The number of carboxylic acid groups (broad SMARTS) is 1. The van der Waals surface area contributed by atoms with Gasteiger partial charge in [-0.1, -0.05) is 12.8 Å². The van der Waals surface area contributed by atoms with E-state index in [-0.39, 0.29) is 23.7 Å². The monoisotopic (exact) mass is 209 g/mol. The number of likely N-dealkylation sites (tertiary alicyclic amines) is 1. The fraction of sp³-hybridized carbons (Fsp3) is 0.818. The summed E-state index contributed by atoms with van der Waals surface area (Å²) in [6, 6.07) is 0.416. The van der Waals surface area contributed by atoms with Crippen LogP contribution in [0, 0.1) is 17.8 Å². The van der Waals surface area contributed by atoms with Gasteiger partial charge in [0.2, 0.25) is 5.91 Å². The van der Waals surface area contributed by atoms with Gasteiger partial charge in [0.05, 0.1) is 11.8 Å².